The average molecular weight is 817 g/mol. The van der Waals surface area contributed by atoms with Gasteiger partial charge in [-0.05, 0) is 82.9 Å². The van der Waals surface area contributed by atoms with Crippen LogP contribution in [-0.2, 0) is 0 Å². The van der Waals surface area contributed by atoms with E-state index in [0.29, 0.717) is 23.0 Å². The molecule has 0 unspecified atom stereocenters. The number of fused-ring (bicyclic) bond motifs is 6. The van der Waals surface area contributed by atoms with Gasteiger partial charge in [-0.25, -0.2) is 15.0 Å². The molecular weight excluding hydrogens is 781 g/mol. The Hall–Kier alpha value is -8.92. The zero-order chi connectivity index (χ0) is 42.6. The van der Waals surface area contributed by atoms with Crippen LogP contribution in [0.3, 0.4) is 0 Å². The van der Waals surface area contributed by atoms with E-state index in [2.05, 4.69) is 185 Å². The minimum absolute atomic E-state index is 0.489. The number of benzene rings is 9. The molecule has 0 atom stereocenters. The molecule has 0 aliphatic rings. The number of hydrogen-bond donors (Lipinski definition) is 0. The lowest BCUT2D eigenvalue weighted by Gasteiger charge is -2.15. The molecule has 3 aromatic heterocycles. The van der Waals surface area contributed by atoms with Crippen molar-refractivity contribution in [1.82, 2.24) is 24.1 Å². The van der Waals surface area contributed by atoms with E-state index < -0.39 is 0 Å². The van der Waals surface area contributed by atoms with E-state index in [1.807, 2.05) is 42.5 Å². The maximum absolute atomic E-state index is 9.86. The van der Waals surface area contributed by atoms with Crippen LogP contribution in [0.5, 0.6) is 0 Å². The molecule has 12 aromatic rings. The summed E-state index contributed by atoms with van der Waals surface area (Å²) in [7, 11) is 0. The van der Waals surface area contributed by atoms with Crippen LogP contribution in [0.2, 0.25) is 0 Å². The van der Waals surface area contributed by atoms with E-state index in [-0.39, 0.29) is 0 Å². The Morgan fingerprint density at radius 1 is 0.328 bits per heavy atom. The Bertz CT molecular complexity index is 3730. The third kappa shape index (κ3) is 6.22. The minimum Gasteiger partial charge on any atom is -0.309 e. The second-order valence-corrected chi connectivity index (χ2v) is 16.0. The van der Waals surface area contributed by atoms with Crippen molar-refractivity contribution in [3.8, 4) is 73.9 Å². The molecule has 0 amide bonds. The molecule has 0 aliphatic heterocycles. The van der Waals surface area contributed by atoms with E-state index >= 15 is 0 Å². The van der Waals surface area contributed by atoms with Crippen LogP contribution < -0.4 is 0 Å². The summed E-state index contributed by atoms with van der Waals surface area (Å²) in [5.41, 5.74) is 13.9. The van der Waals surface area contributed by atoms with Gasteiger partial charge in [0.1, 0.15) is 0 Å². The van der Waals surface area contributed by atoms with Gasteiger partial charge in [-0.3, -0.25) is 0 Å². The SMILES string of the molecule is N#Cc1cccc(-c2nc(-c3ccc(-c4ccccc4)cc3)nc(-c3cc(-c4ccccc4)cc(-n4c5ccccc5c5c(-n6c7ccccc7c7ccccc76)cccc54)c3)n2)c1. The quantitative estimate of drug-likeness (QED) is 0.161. The molecule has 12 rings (SSSR count). The van der Waals surface area contributed by atoms with Gasteiger partial charge in [0.15, 0.2) is 17.5 Å². The van der Waals surface area contributed by atoms with Crippen molar-refractivity contribution < 1.29 is 0 Å². The Morgan fingerprint density at radius 2 is 0.797 bits per heavy atom. The fourth-order valence-electron chi connectivity index (χ4n) is 9.25. The van der Waals surface area contributed by atoms with Crippen molar-refractivity contribution in [3.63, 3.8) is 0 Å². The molecule has 0 fully saturated rings. The first-order valence-corrected chi connectivity index (χ1v) is 21.3. The van der Waals surface area contributed by atoms with Crippen LogP contribution >= 0.6 is 0 Å². The first kappa shape index (κ1) is 36.9. The molecule has 64 heavy (non-hydrogen) atoms. The topological polar surface area (TPSA) is 72.3 Å². The molecule has 6 heteroatoms. The van der Waals surface area contributed by atoms with Crippen molar-refractivity contribution >= 4 is 43.6 Å². The van der Waals surface area contributed by atoms with E-state index in [1.54, 1.807) is 6.07 Å². The van der Waals surface area contributed by atoms with Gasteiger partial charge in [0.25, 0.3) is 0 Å². The van der Waals surface area contributed by atoms with Crippen molar-refractivity contribution in [2.75, 3.05) is 0 Å². The van der Waals surface area contributed by atoms with E-state index in [0.717, 1.165) is 83.2 Å². The van der Waals surface area contributed by atoms with Crippen LogP contribution in [-0.4, -0.2) is 24.1 Å². The largest absolute Gasteiger partial charge is 0.309 e. The smallest absolute Gasteiger partial charge is 0.164 e. The lowest BCUT2D eigenvalue weighted by molar-refractivity contribution is 1.07. The van der Waals surface area contributed by atoms with Gasteiger partial charge in [-0.1, -0.05) is 158 Å². The summed E-state index contributed by atoms with van der Waals surface area (Å²) in [5, 5.41) is 14.6. The molecule has 0 aliphatic carbocycles. The summed E-state index contributed by atoms with van der Waals surface area (Å²) in [6.07, 6.45) is 0. The number of aromatic nitrogens is 5. The van der Waals surface area contributed by atoms with Gasteiger partial charge in [-0.2, -0.15) is 5.26 Å². The van der Waals surface area contributed by atoms with Gasteiger partial charge >= 0.3 is 0 Å². The summed E-state index contributed by atoms with van der Waals surface area (Å²) >= 11 is 0. The van der Waals surface area contributed by atoms with Crippen molar-refractivity contribution in [3.05, 3.63) is 224 Å². The Labute approximate surface area is 369 Å². The number of hydrogen-bond acceptors (Lipinski definition) is 4. The lowest BCUT2D eigenvalue weighted by Crippen LogP contribution is -2.02. The second kappa shape index (κ2) is 15.2. The zero-order valence-corrected chi connectivity index (χ0v) is 34.5. The van der Waals surface area contributed by atoms with Crippen molar-refractivity contribution in [2.24, 2.45) is 0 Å². The third-order valence-electron chi connectivity index (χ3n) is 12.2. The van der Waals surface area contributed by atoms with Crippen LogP contribution in [0.4, 0.5) is 0 Å². The van der Waals surface area contributed by atoms with Crippen molar-refractivity contribution in [2.45, 2.75) is 0 Å². The zero-order valence-electron chi connectivity index (χ0n) is 34.5. The van der Waals surface area contributed by atoms with Crippen LogP contribution in [0.25, 0.3) is 111 Å². The predicted molar refractivity (Wildman–Crippen MR) is 260 cm³/mol. The van der Waals surface area contributed by atoms with Crippen molar-refractivity contribution in [1.29, 1.82) is 5.26 Å². The standard InChI is InChI=1S/C58H36N6/c59-37-38-15-13-20-43(33-38)57-60-56(42-31-29-41(30-32-42)39-16-3-1-4-17-39)61-58(62-57)45-34-44(40-18-5-2-6-19-40)35-46(36-45)63-52-26-12-9-23-49(52)55-53(63)27-14-28-54(55)64-50-24-10-7-21-47(50)48-22-8-11-25-51(48)64/h1-36H. The molecule has 6 nitrogen and oxygen atoms in total. The molecule has 0 saturated carbocycles. The second-order valence-electron chi connectivity index (χ2n) is 16.0. The first-order chi connectivity index (χ1) is 31.7. The molecule has 0 bridgehead atoms. The normalized spacial score (nSPS) is 11.4. The monoisotopic (exact) mass is 816 g/mol. The van der Waals surface area contributed by atoms with Crippen LogP contribution in [0, 0.1) is 11.3 Å². The lowest BCUT2D eigenvalue weighted by atomic mass is 10.0. The maximum atomic E-state index is 9.86. The van der Waals surface area contributed by atoms with E-state index in [1.165, 1.54) is 10.8 Å². The molecule has 0 N–H and O–H groups in total. The van der Waals surface area contributed by atoms with Crippen LogP contribution in [0.1, 0.15) is 5.56 Å². The Morgan fingerprint density at radius 3 is 1.45 bits per heavy atom. The fourth-order valence-corrected chi connectivity index (χ4v) is 9.25. The highest BCUT2D eigenvalue weighted by Gasteiger charge is 2.21. The number of nitriles is 1. The molecule has 0 radical (unpaired) electrons. The average Bonchev–Trinajstić information content (AvgIpc) is 3.90. The van der Waals surface area contributed by atoms with E-state index in [9.17, 15) is 5.26 Å². The highest BCUT2D eigenvalue weighted by atomic mass is 15.0. The van der Waals surface area contributed by atoms with Gasteiger partial charge in [0.2, 0.25) is 0 Å². The molecule has 298 valence electrons. The fraction of sp³-hybridized carbons (Fsp3) is 0. The van der Waals surface area contributed by atoms with E-state index in [4.69, 9.17) is 15.0 Å². The number of para-hydroxylation sites is 3. The molecule has 0 spiro atoms. The number of rotatable bonds is 7. The minimum atomic E-state index is 0.489. The van der Waals surface area contributed by atoms with Gasteiger partial charge in [-0.15, -0.1) is 0 Å². The molecular formula is C58H36N6. The molecule has 9 aromatic carbocycles. The summed E-state index contributed by atoms with van der Waals surface area (Å²) in [6, 6.07) is 78.1. The Kier molecular flexibility index (Phi) is 8.77. The van der Waals surface area contributed by atoms with Gasteiger partial charge in [0.05, 0.1) is 39.4 Å². The molecule has 3 heterocycles. The predicted octanol–water partition coefficient (Wildman–Crippen LogP) is 14.3. The first-order valence-electron chi connectivity index (χ1n) is 21.3. The summed E-state index contributed by atoms with van der Waals surface area (Å²) in [4.78, 5) is 15.5. The van der Waals surface area contributed by atoms with Gasteiger partial charge < -0.3 is 9.13 Å². The maximum Gasteiger partial charge on any atom is 0.164 e. The summed E-state index contributed by atoms with van der Waals surface area (Å²) < 4.78 is 4.79. The van der Waals surface area contributed by atoms with Crippen LogP contribution in [0.15, 0.2) is 218 Å². The summed E-state index contributed by atoms with van der Waals surface area (Å²) in [6.45, 7) is 0. The highest BCUT2D eigenvalue weighted by molar-refractivity contribution is 6.16. The third-order valence-corrected chi connectivity index (χ3v) is 12.2. The summed E-state index contributed by atoms with van der Waals surface area (Å²) in [5.74, 6) is 1.56. The highest BCUT2D eigenvalue weighted by Crippen LogP contribution is 2.41. The Balaban J connectivity index is 1.10. The molecule has 0 saturated heterocycles. The van der Waals surface area contributed by atoms with Gasteiger partial charge in [0, 0.05) is 43.9 Å². The number of nitrogens with zero attached hydrogens (tertiary/aromatic N) is 6.